The predicted octanol–water partition coefficient (Wildman–Crippen LogP) is 2.86. The minimum Gasteiger partial charge on any atom is -0.463 e. The molecule has 0 atom stereocenters. The van der Waals surface area contributed by atoms with Crippen molar-refractivity contribution in [1.29, 1.82) is 0 Å². The number of methoxy groups -OCH3 is 1. The summed E-state index contributed by atoms with van der Waals surface area (Å²) in [7, 11) is 1.32. The number of carbonyl (C=O) groups is 1. The summed E-state index contributed by atoms with van der Waals surface area (Å²) in [6.07, 6.45) is 0. The molecule has 0 N–H and O–H groups in total. The molecule has 0 spiro atoms. The molecule has 0 radical (unpaired) electrons. The fourth-order valence-electron chi connectivity index (χ4n) is 1.99. The Kier molecular flexibility index (Phi) is 3.60. The van der Waals surface area contributed by atoms with Crippen LogP contribution in [0.5, 0.6) is 0 Å². The second-order valence-corrected chi connectivity index (χ2v) is 4.53. The Bertz CT molecular complexity index is 636. The van der Waals surface area contributed by atoms with Crippen LogP contribution in [-0.4, -0.2) is 23.0 Å². The number of hydrogen-bond donors (Lipinski definition) is 0. The fraction of sp³-hybridized carbons (Fsp3) is 0.267. The maximum atomic E-state index is 11.5. The van der Waals surface area contributed by atoms with Crippen molar-refractivity contribution in [2.24, 2.45) is 0 Å². The smallest absolute Gasteiger partial charge is 0.376 e. The van der Waals surface area contributed by atoms with Gasteiger partial charge in [-0.2, -0.15) is 0 Å². The largest absolute Gasteiger partial charge is 0.463 e. The Labute approximate surface area is 112 Å². The molecule has 0 saturated heterocycles. The molecule has 4 heteroatoms. The van der Waals surface area contributed by atoms with E-state index in [-0.39, 0.29) is 5.82 Å². The van der Waals surface area contributed by atoms with Crippen LogP contribution in [0.2, 0.25) is 0 Å². The van der Waals surface area contributed by atoms with Crippen LogP contribution >= 0.6 is 0 Å². The van der Waals surface area contributed by atoms with E-state index in [4.69, 9.17) is 0 Å². The molecule has 1 aromatic heterocycles. The van der Waals surface area contributed by atoms with Crippen LogP contribution in [0.15, 0.2) is 24.3 Å². The Morgan fingerprint density at radius 1 is 1.11 bits per heavy atom. The van der Waals surface area contributed by atoms with Gasteiger partial charge in [0, 0.05) is 11.3 Å². The summed E-state index contributed by atoms with van der Waals surface area (Å²) in [6.45, 7) is 5.90. The lowest BCUT2D eigenvalue weighted by Gasteiger charge is -2.08. The molecule has 0 amide bonds. The van der Waals surface area contributed by atoms with Crippen LogP contribution < -0.4 is 0 Å². The van der Waals surface area contributed by atoms with Gasteiger partial charge in [0.05, 0.1) is 12.8 Å². The number of hydrogen-bond acceptors (Lipinski definition) is 4. The number of nitrogens with zero attached hydrogens (tertiary/aromatic N) is 2. The molecule has 2 aromatic rings. The quantitative estimate of drug-likeness (QED) is 0.775. The molecule has 0 aliphatic carbocycles. The van der Waals surface area contributed by atoms with E-state index in [1.54, 1.807) is 0 Å². The highest BCUT2D eigenvalue weighted by Gasteiger charge is 2.13. The van der Waals surface area contributed by atoms with Crippen LogP contribution in [-0.2, 0) is 4.74 Å². The van der Waals surface area contributed by atoms with Crippen molar-refractivity contribution in [1.82, 2.24) is 9.97 Å². The van der Waals surface area contributed by atoms with Gasteiger partial charge in [-0.05, 0) is 32.4 Å². The van der Waals surface area contributed by atoms with Gasteiger partial charge in [0.2, 0.25) is 5.82 Å². The van der Waals surface area contributed by atoms with E-state index in [0.717, 1.165) is 22.5 Å². The van der Waals surface area contributed by atoms with Crippen molar-refractivity contribution in [3.63, 3.8) is 0 Å². The maximum absolute atomic E-state index is 11.5. The summed E-state index contributed by atoms with van der Waals surface area (Å²) in [5.41, 5.74) is 4.80. The number of rotatable bonds is 2. The van der Waals surface area contributed by atoms with Gasteiger partial charge in [0.15, 0.2) is 0 Å². The predicted molar refractivity (Wildman–Crippen MR) is 73.0 cm³/mol. The minimum atomic E-state index is -0.519. The summed E-state index contributed by atoms with van der Waals surface area (Å²) in [5.74, 6) is -0.424. The fourth-order valence-corrected chi connectivity index (χ4v) is 1.99. The van der Waals surface area contributed by atoms with Gasteiger partial charge >= 0.3 is 5.97 Å². The van der Waals surface area contributed by atoms with Crippen LogP contribution in [0, 0.1) is 20.8 Å². The second kappa shape index (κ2) is 5.18. The summed E-state index contributed by atoms with van der Waals surface area (Å²) in [5, 5.41) is 0. The first-order valence-electron chi connectivity index (χ1n) is 6.03. The molecule has 1 aromatic carbocycles. The van der Waals surface area contributed by atoms with Crippen molar-refractivity contribution in [2.45, 2.75) is 20.8 Å². The van der Waals surface area contributed by atoms with Crippen molar-refractivity contribution < 1.29 is 9.53 Å². The number of aryl methyl sites for hydroxylation is 3. The molecule has 19 heavy (non-hydrogen) atoms. The van der Waals surface area contributed by atoms with E-state index in [1.165, 1.54) is 12.7 Å². The third kappa shape index (κ3) is 2.78. The molecule has 1 heterocycles. The number of aromatic nitrogens is 2. The zero-order chi connectivity index (χ0) is 14.0. The number of benzene rings is 1. The van der Waals surface area contributed by atoms with Gasteiger partial charge in [-0.25, -0.2) is 14.8 Å². The average Bonchev–Trinajstić information content (AvgIpc) is 2.37. The van der Waals surface area contributed by atoms with Gasteiger partial charge in [-0.3, -0.25) is 0 Å². The third-order valence-electron chi connectivity index (χ3n) is 2.88. The lowest BCUT2D eigenvalue weighted by molar-refractivity contribution is 0.0586. The molecule has 0 bridgehead atoms. The molecular weight excluding hydrogens is 240 g/mol. The number of ether oxygens (including phenoxy) is 1. The Hall–Kier alpha value is -2.23. The van der Waals surface area contributed by atoms with E-state index in [1.807, 2.05) is 39.0 Å². The lowest BCUT2D eigenvalue weighted by atomic mass is 10.0. The van der Waals surface area contributed by atoms with Crippen LogP contribution in [0.3, 0.4) is 0 Å². The van der Waals surface area contributed by atoms with E-state index < -0.39 is 5.97 Å². The molecule has 4 nitrogen and oxygen atoms in total. The van der Waals surface area contributed by atoms with Crippen molar-refractivity contribution in [3.8, 4) is 11.3 Å². The van der Waals surface area contributed by atoms with Gasteiger partial charge in [-0.1, -0.05) is 23.8 Å². The van der Waals surface area contributed by atoms with Gasteiger partial charge in [0.25, 0.3) is 0 Å². The van der Waals surface area contributed by atoms with E-state index in [9.17, 15) is 4.79 Å². The first-order chi connectivity index (χ1) is 9.01. The Morgan fingerprint density at radius 3 is 2.47 bits per heavy atom. The zero-order valence-electron chi connectivity index (χ0n) is 11.5. The molecule has 0 unspecified atom stereocenters. The second-order valence-electron chi connectivity index (χ2n) is 4.53. The van der Waals surface area contributed by atoms with E-state index >= 15 is 0 Å². The monoisotopic (exact) mass is 256 g/mol. The number of esters is 1. The highest BCUT2D eigenvalue weighted by Crippen LogP contribution is 2.23. The van der Waals surface area contributed by atoms with Crippen molar-refractivity contribution in [2.75, 3.05) is 7.11 Å². The molecule has 0 aliphatic heterocycles. The lowest BCUT2D eigenvalue weighted by Crippen LogP contribution is -2.09. The topological polar surface area (TPSA) is 52.1 Å². The van der Waals surface area contributed by atoms with Crippen molar-refractivity contribution in [3.05, 3.63) is 46.9 Å². The molecule has 0 aliphatic rings. The first kappa shape index (κ1) is 13.2. The normalized spacial score (nSPS) is 10.3. The summed E-state index contributed by atoms with van der Waals surface area (Å²) in [4.78, 5) is 19.9. The Balaban J connectivity index is 2.56. The minimum absolute atomic E-state index is 0.0949. The van der Waals surface area contributed by atoms with Gasteiger partial charge in [-0.15, -0.1) is 0 Å². The van der Waals surface area contributed by atoms with Gasteiger partial charge < -0.3 is 4.74 Å². The highest BCUT2D eigenvalue weighted by atomic mass is 16.5. The number of carbonyl (C=O) groups excluding carboxylic acids is 1. The first-order valence-corrected chi connectivity index (χ1v) is 6.03. The highest BCUT2D eigenvalue weighted by molar-refractivity contribution is 5.85. The SMILES string of the molecule is COC(=O)c1nc(C)cc(-c2ccc(C)cc2C)n1. The molecule has 0 fully saturated rings. The molecule has 0 saturated carbocycles. The molecule has 2 rings (SSSR count). The summed E-state index contributed by atoms with van der Waals surface area (Å²) >= 11 is 0. The van der Waals surface area contributed by atoms with Crippen LogP contribution in [0.1, 0.15) is 27.4 Å². The van der Waals surface area contributed by atoms with Crippen LogP contribution in [0.4, 0.5) is 0 Å². The third-order valence-corrected chi connectivity index (χ3v) is 2.88. The summed E-state index contributed by atoms with van der Waals surface area (Å²) in [6, 6.07) is 7.99. The maximum Gasteiger partial charge on any atom is 0.376 e. The van der Waals surface area contributed by atoms with Gasteiger partial charge in [0.1, 0.15) is 0 Å². The van der Waals surface area contributed by atoms with Crippen molar-refractivity contribution >= 4 is 5.97 Å². The van der Waals surface area contributed by atoms with E-state index in [0.29, 0.717) is 0 Å². The standard InChI is InChI=1S/C15H16N2O2/c1-9-5-6-12(10(2)7-9)13-8-11(3)16-14(17-13)15(18)19-4/h5-8H,1-4H3. The van der Waals surface area contributed by atoms with Crippen LogP contribution in [0.25, 0.3) is 11.3 Å². The summed E-state index contributed by atoms with van der Waals surface area (Å²) < 4.78 is 4.67. The zero-order valence-corrected chi connectivity index (χ0v) is 11.5. The average molecular weight is 256 g/mol. The van der Waals surface area contributed by atoms with E-state index in [2.05, 4.69) is 20.8 Å². The molecule has 98 valence electrons. The Morgan fingerprint density at radius 2 is 1.84 bits per heavy atom. The molecular formula is C15H16N2O2.